The van der Waals surface area contributed by atoms with Gasteiger partial charge in [0.1, 0.15) is 5.54 Å². The number of hydrogen-bond donors (Lipinski definition) is 2. The number of aliphatic carboxylic acids is 1. The molecule has 102 valence electrons. The Hall–Kier alpha value is -0.570. The summed E-state index contributed by atoms with van der Waals surface area (Å²) >= 11 is 0. The maximum atomic E-state index is 11.7. The van der Waals surface area contributed by atoms with Gasteiger partial charge < -0.3 is 10.4 Å². The molecule has 0 aromatic carbocycles. The number of rotatable bonds is 4. The lowest BCUT2D eigenvalue weighted by atomic mass is 9.66. The Balaban J connectivity index is 1.62. The molecule has 3 aliphatic rings. The molecular formula is C15H25NO2. The molecule has 0 aromatic rings. The van der Waals surface area contributed by atoms with Gasteiger partial charge in [0.15, 0.2) is 0 Å². The first-order valence-corrected chi connectivity index (χ1v) is 7.63. The predicted molar refractivity (Wildman–Crippen MR) is 70.5 cm³/mol. The third-order valence-electron chi connectivity index (χ3n) is 5.66. The zero-order valence-corrected chi connectivity index (χ0v) is 11.2. The number of nitrogens with one attached hydrogen (secondary N) is 1. The minimum atomic E-state index is -0.615. The molecule has 3 rings (SSSR count). The minimum Gasteiger partial charge on any atom is -0.480 e. The van der Waals surface area contributed by atoms with Crippen molar-refractivity contribution >= 4 is 5.97 Å². The van der Waals surface area contributed by atoms with E-state index in [1.54, 1.807) is 0 Å². The van der Waals surface area contributed by atoms with Crippen LogP contribution in [0.3, 0.4) is 0 Å². The molecule has 2 N–H and O–H groups in total. The molecule has 0 bridgehead atoms. The van der Waals surface area contributed by atoms with Crippen LogP contribution in [0.5, 0.6) is 0 Å². The highest BCUT2D eigenvalue weighted by atomic mass is 16.4. The molecule has 3 heteroatoms. The van der Waals surface area contributed by atoms with Crippen molar-refractivity contribution in [2.24, 2.45) is 11.3 Å². The number of carboxylic acid groups (broad SMARTS) is 1. The standard InChI is InChI=1S/C15H25NO2/c17-13(18)15(16-11-12-3-4-12)9-7-14(8-10-15)5-1-2-6-14/h12,16H,1-11H2,(H,17,18). The Kier molecular flexibility index (Phi) is 3.13. The summed E-state index contributed by atoms with van der Waals surface area (Å²) in [6.45, 7) is 0.916. The third kappa shape index (κ3) is 2.29. The van der Waals surface area contributed by atoms with E-state index in [-0.39, 0.29) is 0 Å². The number of carbonyl (C=O) groups is 1. The van der Waals surface area contributed by atoms with Crippen LogP contribution in [0.4, 0.5) is 0 Å². The number of hydrogen-bond acceptors (Lipinski definition) is 2. The van der Waals surface area contributed by atoms with Crippen LogP contribution < -0.4 is 5.32 Å². The van der Waals surface area contributed by atoms with Gasteiger partial charge in [-0.25, -0.2) is 0 Å². The molecule has 0 atom stereocenters. The van der Waals surface area contributed by atoms with E-state index in [0.717, 1.165) is 38.1 Å². The maximum Gasteiger partial charge on any atom is 0.323 e. The molecule has 1 spiro atoms. The van der Waals surface area contributed by atoms with E-state index in [4.69, 9.17) is 0 Å². The third-order valence-corrected chi connectivity index (χ3v) is 5.66. The van der Waals surface area contributed by atoms with Gasteiger partial charge in [0.05, 0.1) is 0 Å². The van der Waals surface area contributed by atoms with Crippen molar-refractivity contribution in [1.82, 2.24) is 5.32 Å². The van der Waals surface area contributed by atoms with Crippen LogP contribution in [0, 0.1) is 11.3 Å². The Morgan fingerprint density at radius 3 is 2.17 bits per heavy atom. The fraction of sp³-hybridized carbons (Fsp3) is 0.933. The maximum absolute atomic E-state index is 11.7. The summed E-state index contributed by atoms with van der Waals surface area (Å²) < 4.78 is 0. The van der Waals surface area contributed by atoms with Gasteiger partial charge >= 0.3 is 5.97 Å². The molecule has 0 heterocycles. The van der Waals surface area contributed by atoms with Gasteiger partial charge in [-0.05, 0) is 69.2 Å². The van der Waals surface area contributed by atoms with Gasteiger partial charge in [-0.2, -0.15) is 0 Å². The summed E-state index contributed by atoms with van der Waals surface area (Å²) in [5.41, 5.74) is -0.0867. The molecule has 18 heavy (non-hydrogen) atoms. The molecule has 0 aromatic heterocycles. The van der Waals surface area contributed by atoms with Crippen LogP contribution in [-0.4, -0.2) is 23.2 Å². The molecule has 3 nitrogen and oxygen atoms in total. The van der Waals surface area contributed by atoms with Crippen molar-refractivity contribution in [3.8, 4) is 0 Å². The van der Waals surface area contributed by atoms with E-state index in [2.05, 4.69) is 5.32 Å². The van der Waals surface area contributed by atoms with E-state index in [0.29, 0.717) is 5.41 Å². The lowest BCUT2D eigenvalue weighted by Crippen LogP contribution is -2.56. The second kappa shape index (κ2) is 4.52. The van der Waals surface area contributed by atoms with Crippen molar-refractivity contribution in [2.75, 3.05) is 6.54 Å². The topological polar surface area (TPSA) is 49.3 Å². The molecule has 0 aliphatic heterocycles. The molecule has 0 unspecified atom stereocenters. The van der Waals surface area contributed by atoms with Crippen LogP contribution >= 0.6 is 0 Å². The monoisotopic (exact) mass is 251 g/mol. The molecular weight excluding hydrogens is 226 g/mol. The van der Waals surface area contributed by atoms with E-state index < -0.39 is 11.5 Å². The quantitative estimate of drug-likeness (QED) is 0.807. The predicted octanol–water partition coefficient (Wildman–Crippen LogP) is 2.94. The summed E-state index contributed by atoms with van der Waals surface area (Å²) in [5, 5.41) is 13.0. The van der Waals surface area contributed by atoms with Crippen molar-refractivity contribution in [3.63, 3.8) is 0 Å². The Labute approximate surface area is 109 Å². The second-order valence-electron chi connectivity index (χ2n) is 6.92. The van der Waals surface area contributed by atoms with Gasteiger partial charge in [-0.1, -0.05) is 12.8 Å². The Morgan fingerprint density at radius 1 is 1.06 bits per heavy atom. The zero-order valence-electron chi connectivity index (χ0n) is 11.2. The van der Waals surface area contributed by atoms with Crippen LogP contribution in [0.15, 0.2) is 0 Å². The summed E-state index contributed by atoms with van der Waals surface area (Å²) in [6, 6.07) is 0. The smallest absolute Gasteiger partial charge is 0.323 e. The molecule has 3 fully saturated rings. The summed E-state index contributed by atoms with van der Waals surface area (Å²) in [5.74, 6) is 0.139. The Morgan fingerprint density at radius 2 is 1.67 bits per heavy atom. The fourth-order valence-electron chi connectivity index (χ4n) is 3.96. The first-order chi connectivity index (χ1) is 8.64. The van der Waals surface area contributed by atoms with E-state index >= 15 is 0 Å². The van der Waals surface area contributed by atoms with Crippen LogP contribution in [0.25, 0.3) is 0 Å². The first-order valence-electron chi connectivity index (χ1n) is 7.63. The molecule has 0 amide bonds. The van der Waals surface area contributed by atoms with E-state index in [1.165, 1.54) is 38.5 Å². The molecule has 3 aliphatic carbocycles. The van der Waals surface area contributed by atoms with Gasteiger partial charge in [0, 0.05) is 0 Å². The average molecular weight is 251 g/mol. The van der Waals surface area contributed by atoms with Crippen molar-refractivity contribution in [3.05, 3.63) is 0 Å². The highest BCUT2D eigenvalue weighted by Gasteiger charge is 2.48. The normalized spacial score (nSPS) is 29.6. The van der Waals surface area contributed by atoms with Gasteiger partial charge in [0.25, 0.3) is 0 Å². The number of carboxylic acids is 1. The summed E-state index contributed by atoms with van der Waals surface area (Å²) in [7, 11) is 0. The van der Waals surface area contributed by atoms with E-state index in [9.17, 15) is 9.90 Å². The zero-order chi connectivity index (χ0) is 12.6. The van der Waals surface area contributed by atoms with Crippen LogP contribution in [-0.2, 0) is 4.79 Å². The Bertz CT molecular complexity index is 319. The fourth-order valence-corrected chi connectivity index (χ4v) is 3.96. The summed E-state index contributed by atoms with van der Waals surface area (Å²) in [6.07, 6.45) is 11.9. The van der Waals surface area contributed by atoms with Crippen LogP contribution in [0.2, 0.25) is 0 Å². The van der Waals surface area contributed by atoms with Crippen molar-refractivity contribution < 1.29 is 9.90 Å². The van der Waals surface area contributed by atoms with Crippen molar-refractivity contribution in [2.45, 2.75) is 69.7 Å². The molecule has 3 saturated carbocycles. The van der Waals surface area contributed by atoms with E-state index in [1.807, 2.05) is 0 Å². The average Bonchev–Trinajstić information content (AvgIpc) is 3.09. The highest BCUT2D eigenvalue weighted by molar-refractivity contribution is 5.79. The molecule has 0 saturated heterocycles. The molecule has 0 radical (unpaired) electrons. The van der Waals surface area contributed by atoms with Gasteiger partial charge in [0.2, 0.25) is 0 Å². The highest BCUT2D eigenvalue weighted by Crippen LogP contribution is 2.51. The second-order valence-corrected chi connectivity index (χ2v) is 6.92. The lowest BCUT2D eigenvalue weighted by Gasteiger charge is -2.43. The van der Waals surface area contributed by atoms with Crippen molar-refractivity contribution in [1.29, 1.82) is 0 Å². The SMILES string of the molecule is O=C(O)C1(NCC2CC2)CCC2(CCCC2)CC1. The minimum absolute atomic E-state index is 0.514. The van der Waals surface area contributed by atoms with Gasteiger partial charge in [-0.3, -0.25) is 4.79 Å². The largest absolute Gasteiger partial charge is 0.480 e. The first kappa shape index (κ1) is 12.5. The summed E-state index contributed by atoms with van der Waals surface area (Å²) in [4.78, 5) is 11.7. The van der Waals surface area contributed by atoms with Crippen LogP contribution in [0.1, 0.15) is 64.2 Å². The lowest BCUT2D eigenvalue weighted by molar-refractivity contribution is -0.147. The van der Waals surface area contributed by atoms with Gasteiger partial charge in [-0.15, -0.1) is 0 Å².